The van der Waals surface area contributed by atoms with E-state index in [1.54, 1.807) is 17.5 Å². The number of hydrogen-bond acceptors (Lipinski definition) is 7. The summed E-state index contributed by atoms with van der Waals surface area (Å²) in [7, 11) is 0. The van der Waals surface area contributed by atoms with Crippen LogP contribution in [0.3, 0.4) is 0 Å². The maximum Gasteiger partial charge on any atom is 0.407 e. The highest BCUT2D eigenvalue weighted by Crippen LogP contribution is 2.22. The molecule has 4 heterocycles. The number of carboxylic acid groups (broad SMARTS) is 1. The average molecular weight is 411 g/mol. The number of thiazole rings is 1. The normalized spacial score (nSPS) is 14.7. The van der Waals surface area contributed by atoms with Gasteiger partial charge in [0.25, 0.3) is 0 Å². The van der Waals surface area contributed by atoms with Crippen LogP contribution < -0.4 is 10.6 Å². The number of pyridine rings is 2. The van der Waals surface area contributed by atoms with Gasteiger partial charge in [-0.3, -0.25) is 0 Å². The monoisotopic (exact) mass is 410 g/mol. The first kappa shape index (κ1) is 19.3. The number of hydrogen-bond donors (Lipinski definition) is 3. The molecule has 0 unspecified atom stereocenters. The Kier molecular flexibility index (Phi) is 5.97. The smallest absolute Gasteiger partial charge is 0.407 e. The summed E-state index contributed by atoms with van der Waals surface area (Å²) < 4.78 is 0. The van der Waals surface area contributed by atoms with Crippen LogP contribution >= 0.6 is 11.3 Å². The molecule has 1 saturated heterocycles. The minimum Gasteiger partial charge on any atom is -0.465 e. The first-order valence-corrected chi connectivity index (χ1v) is 10.4. The van der Waals surface area contributed by atoms with Gasteiger partial charge in [-0.05, 0) is 36.6 Å². The topological polar surface area (TPSA) is 103 Å². The predicted molar refractivity (Wildman–Crippen MR) is 112 cm³/mol. The van der Waals surface area contributed by atoms with Crippen molar-refractivity contribution < 1.29 is 9.90 Å². The second-order valence-electron chi connectivity index (χ2n) is 6.85. The van der Waals surface area contributed by atoms with Crippen molar-refractivity contribution in [2.75, 3.05) is 18.4 Å². The van der Waals surface area contributed by atoms with Gasteiger partial charge in [0.1, 0.15) is 22.3 Å². The van der Waals surface area contributed by atoms with Gasteiger partial charge in [0.2, 0.25) is 0 Å². The van der Waals surface area contributed by atoms with Crippen LogP contribution in [0.2, 0.25) is 0 Å². The summed E-state index contributed by atoms with van der Waals surface area (Å²) in [5, 5.41) is 18.5. The van der Waals surface area contributed by atoms with Crippen molar-refractivity contribution in [2.24, 2.45) is 0 Å². The molecule has 0 spiro atoms. The maximum atomic E-state index is 11.0. The van der Waals surface area contributed by atoms with E-state index in [1.807, 2.05) is 41.9 Å². The van der Waals surface area contributed by atoms with Crippen molar-refractivity contribution in [2.45, 2.75) is 25.4 Å². The Balaban J connectivity index is 1.30. The molecule has 1 aliphatic heterocycles. The lowest BCUT2D eigenvalue weighted by Gasteiger charge is -2.30. The summed E-state index contributed by atoms with van der Waals surface area (Å²) in [4.78, 5) is 25.8. The molecule has 0 atom stereocenters. The Morgan fingerprint density at radius 3 is 2.72 bits per heavy atom. The molecule has 4 rings (SSSR count). The second-order valence-corrected chi connectivity index (χ2v) is 7.74. The van der Waals surface area contributed by atoms with Crippen LogP contribution in [0.4, 0.5) is 16.4 Å². The zero-order valence-corrected chi connectivity index (χ0v) is 16.6. The van der Waals surface area contributed by atoms with E-state index in [4.69, 9.17) is 5.11 Å². The predicted octanol–water partition coefficient (Wildman–Crippen LogP) is 3.58. The van der Waals surface area contributed by atoms with Gasteiger partial charge in [-0.2, -0.15) is 0 Å². The van der Waals surface area contributed by atoms with Crippen LogP contribution in [0, 0.1) is 0 Å². The van der Waals surface area contributed by atoms with E-state index in [1.165, 1.54) is 4.90 Å². The van der Waals surface area contributed by atoms with Crippen LogP contribution in [0.25, 0.3) is 10.7 Å². The Hall–Kier alpha value is -3.04. The number of likely N-dealkylation sites (tertiary alicyclic amines) is 1. The molecule has 1 aliphatic rings. The number of aromatic nitrogens is 3. The number of piperidine rings is 1. The van der Waals surface area contributed by atoms with Crippen molar-refractivity contribution in [3.05, 3.63) is 53.7 Å². The van der Waals surface area contributed by atoms with Crippen molar-refractivity contribution >= 4 is 29.1 Å². The first-order valence-electron chi connectivity index (χ1n) is 9.47. The molecule has 0 radical (unpaired) electrons. The highest BCUT2D eigenvalue weighted by atomic mass is 32.1. The number of rotatable bonds is 6. The SMILES string of the molecule is O=C(O)N1CCC(NCc2ccc(Nc3cccc(-c4nccs4)n3)nc2)CC1. The Bertz CT molecular complexity index is 940. The Morgan fingerprint density at radius 2 is 2.03 bits per heavy atom. The second kappa shape index (κ2) is 8.97. The summed E-state index contributed by atoms with van der Waals surface area (Å²) in [5.74, 6) is 1.45. The van der Waals surface area contributed by atoms with E-state index in [2.05, 4.69) is 25.6 Å². The number of nitrogens with one attached hydrogen (secondary N) is 2. The Labute approximate surface area is 172 Å². The minimum absolute atomic E-state index is 0.334. The fourth-order valence-corrected chi connectivity index (χ4v) is 3.85. The van der Waals surface area contributed by atoms with Gasteiger partial charge < -0.3 is 20.6 Å². The minimum atomic E-state index is -0.831. The van der Waals surface area contributed by atoms with Crippen molar-refractivity contribution in [1.82, 2.24) is 25.2 Å². The summed E-state index contributed by atoms with van der Waals surface area (Å²) in [6.45, 7) is 1.88. The highest BCUT2D eigenvalue weighted by Gasteiger charge is 2.21. The van der Waals surface area contributed by atoms with E-state index >= 15 is 0 Å². The number of nitrogens with zero attached hydrogens (tertiary/aromatic N) is 4. The number of anilines is 2. The summed E-state index contributed by atoms with van der Waals surface area (Å²) in [6, 6.07) is 10.1. The molecule has 3 N–H and O–H groups in total. The number of carbonyl (C=O) groups is 1. The zero-order chi connectivity index (χ0) is 20.1. The molecule has 0 aromatic carbocycles. The van der Waals surface area contributed by atoms with Gasteiger partial charge >= 0.3 is 6.09 Å². The quantitative estimate of drug-likeness (QED) is 0.571. The van der Waals surface area contributed by atoms with Gasteiger partial charge in [0, 0.05) is 43.4 Å². The van der Waals surface area contributed by atoms with Crippen LogP contribution in [-0.2, 0) is 6.54 Å². The molecule has 1 amide bonds. The number of amides is 1. The molecule has 29 heavy (non-hydrogen) atoms. The standard InChI is InChI=1S/C20H22N6O2S/c27-20(28)26-9-6-15(7-10-26)22-12-14-4-5-17(23-13-14)25-18-3-1-2-16(24-18)19-21-8-11-29-19/h1-5,8,11,13,15,22H,6-7,9-10,12H2,(H,27,28)(H,23,24,25). The molecule has 150 valence electrons. The maximum absolute atomic E-state index is 11.0. The fraction of sp³-hybridized carbons (Fsp3) is 0.300. The van der Waals surface area contributed by atoms with Crippen LogP contribution in [0.1, 0.15) is 18.4 Å². The molecule has 8 nitrogen and oxygen atoms in total. The summed E-state index contributed by atoms with van der Waals surface area (Å²) in [5.41, 5.74) is 1.92. The third kappa shape index (κ3) is 5.07. The van der Waals surface area contributed by atoms with E-state index in [-0.39, 0.29) is 0 Å². The average Bonchev–Trinajstić information content (AvgIpc) is 3.29. The lowest BCUT2D eigenvalue weighted by molar-refractivity contribution is 0.129. The molecule has 9 heteroatoms. The molecule has 1 fully saturated rings. The van der Waals surface area contributed by atoms with E-state index < -0.39 is 6.09 Å². The molecule has 0 saturated carbocycles. The van der Waals surface area contributed by atoms with Crippen molar-refractivity contribution in [1.29, 1.82) is 0 Å². The van der Waals surface area contributed by atoms with Gasteiger partial charge in [0.15, 0.2) is 0 Å². The largest absolute Gasteiger partial charge is 0.465 e. The molecular formula is C20H22N6O2S. The van der Waals surface area contributed by atoms with Crippen molar-refractivity contribution in [3.8, 4) is 10.7 Å². The fourth-order valence-electron chi connectivity index (χ4n) is 3.24. The van der Waals surface area contributed by atoms with Crippen LogP contribution in [0.15, 0.2) is 48.1 Å². The lowest BCUT2D eigenvalue weighted by atomic mass is 10.1. The molecule has 0 bridgehead atoms. The van der Waals surface area contributed by atoms with Crippen molar-refractivity contribution in [3.63, 3.8) is 0 Å². The zero-order valence-electron chi connectivity index (χ0n) is 15.8. The van der Waals surface area contributed by atoms with Gasteiger partial charge in [-0.25, -0.2) is 19.7 Å². The third-order valence-electron chi connectivity index (χ3n) is 4.84. The van der Waals surface area contributed by atoms with Gasteiger partial charge in [0.05, 0.1) is 0 Å². The first-order chi connectivity index (χ1) is 14.2. The summed E-state index contributed by atoms with van der Waals surface area (Å²) >= 11 is 1.56. The highest BCUT2D eigenvalue weighted by molar-refractivity contribution is 7.13. The molecule has 3 aromatic heterocycles. The van der Waals surface area contributed by atoms with E-state index in [0.717, 1.165) is 40.7 Å². The van der Waals surface area contributed by atoms with Crippen LogP contribution in [-0.4, -0.2) is 50.2 Å². The third-order valence-corrected chi connectivity index (χ3v) is 5.64. The van der Waals surface area contributed by atoms with E-state index in [9.17, 15) is 4.79 Å². The van der Waals surface area contributed by atoms with Gasteiger partial charge in [-0.1, -0.05) is 12.1 Å². The molecular weight excluding hydrogens is 388 g/mol. The van der Waals surface area contributed by atoms with Gasteiger partial charge in [-0.15, -0.1) is 11.3 Å². The molecule has 0 aliphatic carbocycles. The lowest BCUT2D eigenvalue weighted by Crippen LogP contribution is -2.44. The van der Waals surface area contributed by atoms with Crippen LogP contribution in [0.5, 0.6) is 0 Å². The molecule has 3 aromatic rings. The Morgan fingerprint density at radius 1 is 1.17 bits per heavy atom. The van der Waals surface area contributed by atoms with E-state index in [0.29, 0.717) is 25.7 Å². The summed E-state index contributed by atoms with van der Waals surface area (Å²) in [6.07, 6.45) is 4.45.